The minimum absolute atomic E-state index is 0.0319. The van der Waals surface area contributed by atoms with Crippen molar-refractivity contribution in [1.29, 1.82) is 0 Å². The number of benzene rings is 1. The van der Waals surface area contributed by atoms with Gasteiger partial charge in [0.25, 0.3) is 0 Å². The Hall–Kier alpha value is -1.06. The van der Waals surface area contributed by atoms with Crippen molar-refractivity contribution in [3.8, 4) is 0 Å². The molecule has 1 aromatic carbocycles. The molecule has 92 valence electrons. The van der Waals surface area contributed by atoms with Gasteiger partial charge in [-0.3, -0.25) is 4.79 Å². The van der Waals surface area contributed by atoms with E-state index >= 15 is 0 Å². The normalized spacial score (nSPS) is 28.1. The summed E-state index contributed by atoms with van der Waals surface area (Å²) in [5, 5.41) is 3.42. The molecule has 17 heavy (non-hydrogen) atoms. The van der Waals surface area contributed by atoms with Crippen molar-refractivity contribution in [1.82, 2.24) is 0 Å². The Morgan fingerprint density at radius 2 is 2.24 bits per heavy atom. The number of nitrogens with one attached hydrogen (secondary N) is 1. The number of amides is 1. The molecule has 3 N–H and O–H groups in total. The first-order valence-electron chi connectivity index (χ1n) is 5.85. The van der Waals surface area contributed by atoms with E-state index in [2.05, 4.69) is 5.32 Å². The molecule has 0 aliphatic heterocycles. The van der Waals surface area contributed by atoms with Crippen molar-refractivity contribution in [2.24, 2.45) is 11.1 Å². The van der Waals surface area contributed by atoms with Crippen LogP contribution in [-0.4, -0.2) is 11.9 Å². The third-order valence-electron chi connectivity index (χ3n) is 3.67. The predicted molar refractivity (Wildman–Crippen MR) is 70.0 cm³/mol. The molecule has 0 heterocycles. The number of carbonyl (C=O) groups excluding carboxylic acids is 1. The summed E-state index contributed by atoms with van der Waals surface area (Å²) in [5.41, 5.74) is 6.19. The van der Waals surface area contributed by atoms with Gasteiger partial charge in [0.1, 0.15) is 0 Å². The van der Waals surface area contributed by atoms with Crippen LogP contribution in [0.2, 0.25) is 5.02 Å². The van der Waals surface area contributed by atoms with Gasteiger partial charge < -0.3 is 11.1 Å². The summed E-state index contributed by atoms with van der Waals surface area (Å²) in [7, 11) is 0. The lowest BCUT2D eigenvalue weighted by molar-refractivity contribution is -0.125. The Morgan fingerprint density at radius 3 is 2.82 bits per heavy atom. The van der Waals surface area contributed by atoms with Gasteiger partial charge in [-0.2, -0.15) is 0 Å². The number of hydrogen-bond donors (Lipinski definition) is 2. The molecule has 3 nitrogen and oxygen atoms in total. The van der Waals surface area contributed by atoms with Crippen LogP contribution in [0.3, 0.4) is 0 Å². The second kappa shape index (κ2) is 4.67. The van der Waals surface area contributed by atoms with E-state index < -0.39 is 5.41 Å². The highest BCUT2D eigenvalue weighted by Crippen LogP contribution is 2.38. The highest BCUT2D eigenvalue weighted by atomic mass is 35.5. The fourth-order valence-electron chi connectivity index (χ4n) is 2.30. The number of rotatable bonds is 2. The second-order valence-corrected chi connectivity index (χ2v) is 5.26. The minimum Gasteiger partial charge on any atom is -0.327 e. The van der Waals surface area contributed by atoms with E-state index in [-0.39, 0.29) is 11.9 Å². The monoisotopic (exact) mass is 252 g/mol. The summed E-state index contributed by atoms with van der Waals surface area (Å²) in [5.74, 6) is -0.0319. The van der Waals surface area contributed by atoms with Gasteiger partial charge in [-0.05, 0) is 31.9 Å². The molecule has 2 unspecified atom stereocenters. The summed E-state index contributed by atoms with van der Waals surface area (Å²) in [6.45, 7) is 1.93. The number of halogens is 1. The van der Waals surface area contributed by atoms with Crippen molar-refractivity contribution in [2.45, 2.75) is 32.2 Å². The molecule has 2 atom stereocenters. The second-order valence-electron chi connectivity index (χ2n) is 4.85. The number of anilines is 1. The average Bonchev–Trinajstić information content (AvgIpc) is 2.64. The lowest BCUT2D eigenvalue weighted by atomic mass is 9.84. The Bertz CT molecular complexity index is 435. The first kappa shape index (κ1) is 12.4. The van der Waals surface area contributed by atoms with Gasteiger partial charge in [-0.1, -0.05) is 30.2 Å². The van der Waals surface area contributed by atoms with Crippen LogP contribution in [0, 0.1) is 5.41 Å². The first-order valence-corrected chi connectivity index (χ1v) is 6.23. The average molecular weight is 253 g/mol. The standard InChI is InChI=1S/C13H17ClN2O/c1-13(8-4-7-11(13)15)12(17)16-10-6-3-2-5-9(10)14/h2-3,5-6,11H,4,7-8,15H2,1H3,(H,16,17). The lowest BCUT2D eigenvalue weighted by Crippen LogP contribution is -2.44. The third kappa shape index (κ3) is 2.31. The van der Waals surface area contributed by atoms with Crippen LogP contribution >= 0.6 is 11.6 Å². The highest BCUT2D eigenvalue weighted by molar-refractivity contribution is 6.33. The zero-order valence-corrected chi connectivity index (χ0v) is 10.6. The fourth-order valence-corrected chi connectivity index (χ4v) is 2.49. The van der Waals surface area contributed by atoms with Crippen LogP contribution in [0.4, 0.5) is 5.69 Å². The van der Waals surface area contributed by atoms with E-state index in [0.717, 1.165) is 19.3 Å². The molecule has 1 fully saturated rings. The number of carbonyl (C=O) groups is 1. The van der Waals surface area contributed by atoms with Crippen LogP contribution in [0.5, 0.6) is 0 Å². The van der Waals surface area contributed by atoms with E-state index in [1.165, 1.54) is 0 Å². The zero-order valence-electron chi connectivity index (χ0n) is 9.87. The lowest BCUT2D eigenvalue weighted by Gasteiger charge is -2.27. The molecule has 1 aliphatic carbocycles. The van der Waals surface area contributed by atoms with Crippen LogP contribution in [0.25, 0.3) is 0 Å². The quantitative estimate of drug-likeness (QED) is 0.850. The maximum Gasteiger partial charge on any atom is 0.231 e. The molecular formula is C13H17ClN2O. The molecular weight excluding hydrogens is 236 g/mol. The van der Waals surface area contributed by atoms with Gasteiger partial charge in [0.2, 0.25) is 5.91 Å². The van der Waals surface area contributed by atoms with E-state index in [4.69, 9.17) is 17.3 Å². The largest absolute Gasteiger partial charge is 0.327 e. The molecule has 0 aromatic heterocycles. The van der Waals surface area contributed by atoms with Gasteiger partial charge in [0.15, 0.2) is 0 Å². The SMILES string of the molecule is CC1(C(=O)Nc2ccccc2Cl)CCCC1N. The Kier molecular flexibility index (Phi) is 3.40. The maximum absolute atomic E-state index is 12.2. The van der Waals surface area contributed by atoms with Crippen molar-refractivity contribution in [2.75, 3.05) is 5.32 Å². The van der Waals surface area contributed by atoms with Crippen molar-refractivity contribution in [3.63, 3.8) is 0 Å². The molecule has 1 aromatic rings. The Balaban J connectivity index is 2.15. The van der Waals surface area contributed by atoms with E-state index in [9.17, 15) is 4.79 Å². The molecule has 0 radical (unpaired) electrons. The molecule has 2 rings (SSSR count). The summed E-state index contributed by atoms with van der Waals surface area (Å²) in [6, 6.07) is 7.17. The molecule has 1 amide bonds. The maximum atomic E-state index is 12.2. The van der Waals surface area contributed by atoms with Crippen molar-refractivity contribution in [3.05, 3.63) is 29.3 Å². The predicted octanol–water partition coefficient (Wildman–Crippen LogP) is 2.80. The van der Waals surface area contributed by atoms with Gasteiger partial charge in [0, 0.05) is 6.04 Å². The number of nitrogens with two attached hydrogens (primary N) is 1. The van der Waals surface area contributed by atoms with Gasteiger partial charge >= 0.3 is 0 Å². The molecule has 1 saturated carbocycles. The third-order valence-corrected chi connectivity index (χ3v) is 4.00. The van der Waals surface area contributed by atoms with Gasteiger partial charge in [-0.25, -0.2) is 0 Å². The molecule has 0 bridgehead atoms. The number of para-hydroxylation sites is 1. The van der Waals surface area contributed by atoms with E-state index in [0.29, 0.717) is 10.7 Å². The van der Waals surface area contributed by atoms with Crippen molar-refractivity contribution >= 4 is 23.2 Å². The van der Waals surface area contributed by atoms with Crippen LogP contribution in [0.1, 0.15) is 26.2 Å². The van der Waals surface area contributed by atoms with Crippen molar-refractivity contribution < 1.29 is 4.79 Å². The Morgan fingerprint density at radius 1 is 1.53 bits per heavy atom. The summed E-state index contributed by atoms with van der Waals surface area (Å²) in [6.07, 6.45) is 2.75. The number of hydrogen-bond acceptors (Lipinski definition) is 2. The van der Waals surface area contributed by atoms with Gasteiger partial charge in [0.05, 0.1) is 16.1 Å². The van der Waals surface area contributed by atoms with E-state index in [1.54, 1.807) is 12.1 Å². The topological polar surface area (TPSA) is 55.1 Å². The molecule has 0 spiro atoms. The minimum atomic E-state index is -0.473. The highest BCUT2D eigenvalue weighted by Gasteiger charge is 2.43. The fraction of sp³-hybridized carbons (Fsp3) is 0.462. The molecule has 4 heteroatoms. The zero-order chi connectivity index (χ0) is 12.5. The van der Waals surface area contributed by atoms with Crippen LogP contribution < -0.4 is 11.1 Å². The molecule has 0 saturated heterocycles. The Labute approximate surface area is 106 Å². The summed E-state index contributed by atoms with van der Waals surface area (Å²) < 4.78 is 0. The van der Waals surface area contributed by atoms with E-state index in [1.807, 2.05) is 19.1 Å². The van der Waals surface area contributed by atoms with Crippen LogP contribution in [0.15, 0.2) is 24.3 Å². The summed E-state index contributed by atoms with van der Waals surface area (Å²) >= 11 is 6.01. The van der Waals surface area contributed by atoms with Crippen LogP contribution in [-0.2, 0) is 4.79 Å². The first-order chi connectivity index (χ1) is 8.04. The molecule has 1 aliphatic rings. The smallest absolute Gasteiger partial charge is 0.231 e. The van der Waals surface area contributed by atoms with Gasteiger partial charge in [-0.15, -0.1) is 0 Å². The summed E-state index contributed by atoms with van der Waals surface area (Å²) in [4.78, 5) is 12.2.